The standard InChI is InChI=1S/C10H11N3O3S/c1-15-6-4-8-12-13-10(17-8)11-9(14)7-3-2-5-16-7/h2-3,5H,4,6H2,1H3,(H,11,13,14). The molecule has 0 bridgehead atoms. The summed E-state index contributed by atoms with van der Waals surface area (Å²) in [5.41, 5.74) is 0. The summed E-state index contributed by atoms with van der Waals surface area (Å²) in [6.45, 7) is 0.584. The first-order valence-electron chi connectivity index (χ1n) is 4.96. The van der Waals surface area contributed by atoms with Crippen molar-refractivity contribution in [3.05, 3.63) is 29.2 Å². The molecule has 0 fully saturated rings. The van der Waals surface area contributed by atoms with Crippen LogP contribution >= 0.6 is 11.3 Å². The van der Waals surface area contributed by atoms with Crippen molar-refractivity contribution in [3.8, 4) is 0 Å². The quantitative estimate of drug-likeness (QED) is 0.875. The molecule has 90 valence electrons. The Morgan fingerprint density at radius 1 is 1.59 bits per heavy atom. The van der Waals surface area contributed by atoms with Crippen LogP contribution in [0.2, 0.25) is 0 Å². The van der Waals surface area contributed by atoms with Gasteiger partial charge in [0.05, 0.1) is 12.9 Å². The summed E-state index contributed by atoms with van der Waals surface area (Å²) in [5, 5.41) is 11.7. The summed E-state index contributed by atoms with van der Waals surface area (Å²) in [4.78, 5) is 11.6. The van der Waals surface area contributed by atoms with Crippen LogP contribution in [0.3, 0.4) is 0 Å². The van der Waals surface area contributed by atoms with Gasteiger partial charge in [-0.2, -0.15) is 0 Å². The lowest BCUT2D eigenvalue weighted by atomic mass is 10.4. The van der Waals surface area contributed by atoms with Crippen LogP contribution in [0.15, 0.2) is 22.8 Å². The summed E-state index contributed by atoms with van der Waals surface area (Å²) in [5.74, 6) is -0.0805. The fourth-order valence-electron chi connectivity index (χ4n) is 1.16. The van der Waals surface area contributed by atoms with Crippen molar-refractivity contribution in [2.24, 2.45) is 0 Å². The van der Waals surface area contributed by atoms with Crippen LogP contribution in [-0.2, 0) is 11.2 Å². The lowest BCUT2D eigenvalue weighted by molar-refractivity contribution is 0.0996. The average molecular weight is 253 g/mol. The Morgan fingerprint density at radius 3 is 3.18 bits per heavy atom. The number of amides is 1. The Balaban J connectivity index is 1.95. The zero-order valence-electron chi connectivity index (χ0n) is 9.17. The molecule has 2 aromatic rings. The Kier molecular flexibility index (Phi) is 3.84. The molecular formula is C10H11N3O3S. The molecule has 0 unspecified atom stereocenters. The Labute approximate surface area is 102 Å². The molecule has 0 saturated heterocycles. The van der Waals surface area contributed by atoms with E-state index >= 15 is 0 Å². The van der Waals surface area contributed by atoms with Gasteiger partial charge in [-0.3, -0.25) is 10.1 Å². The fraction of sp³-hybridized carbons (Fsp3) is 0.300. The van der Waals surface area contributed by atoms with E-state index in [1.165, 1.54) is 17.6 Å². The SMILES string of the molecule is COCCc1nnc(NC(=O)c2ccco2)s1. The van der Waals surface area contributed by atoms with Crippen LogP contribution in [0, 0.1) is 0 Å². The molecule has 6 nitrogen and oxygen atoms in total. The minimum Gasteiger partial charge on any atom is -0.459 e. The third-order valence-electron chi connectivity index (χ3n) is 1.95. The van der Waals surface area contributed by atoms with E-state index < -0.39 is 0 Å². The Hall–Kier alpha value is -1.73. The number of nitrogens with one attached hydrogen (secondary N) is 1. The summed E-state index contributed by atoms with van der Waals surface area (Å²) in [6.07, 6.45) is 2.13. The Bertz CT molecular complexity index is 481. The van der Waals surface area contributed by atoms with Crippen molar-refractivity contribution in [2.45, 2.75) is 6.42 Å². The Morgan fingerprint density at radius 2 is 2.47 bits per heavy atom. The number of hydrogen-bond acceptors (Lipinski definition) is 6. The van der Waals surface area contributed by atoms with Crippen LogP contribution < -0.4 is 5.32 Å². The molecule has 0 aliphatic carbocycles. The van der Waals surface area contributed by atoms with Gasteiger partial charge in [-0.05, 0) is 12.1 Å². The van der Waals surface area contributed by atoms with E-state index in [-0.39, 0.29) is 11.7 Å². The lowest BCUT2D eigenvalue weighted by Crippen LogP contribution is -2.10. The molecular weight excluding hydrogens is 242 g/mol. The molecule has 0 aromatic carbocycles. The van der Waals surface area contributed by atoms with Crippen LogP contribution in [-0.4, -0.2) is 29.8 Å². The second-order valence-corrected chi connectivity index (χ2v) is 4.24. The van der Waals surface area contributed by atoms with Gasteiger partial charge in [-0.1, -0.05) is 11.3 Å². The molecule has 2 rings (SSSR count). The van der Waals surface area contributed by atoms with Crippen molar-refractivity contribution in [1.29, 1.82) is 0 Å². The van der Waals surface area contributed by atoms with Gasteiger partial charge < -0.3 is 9.15 Å². The summed E-state index contributed by atoms with van der Waals surface area (Å²) in [7, 11) is 1.63. The highest BCUT2D eigenvalue weighted by Crippen LogP contribution is 2.16. The summed E-state index contributed by atoms with van der Waals surface area (Å²) in [6, 6.07) is 3.24. The number of anilines is 1. The summed E-state index contributed by atoms with van der Waals surface area (Å²) >= 11 is 1.32. The van der Waals surface area contributed by atoms with Gasteiger partial charge in [0, 0.05) is 13.5 Å². The molecule has 17 heavy (non-hydrogen) atoms. The predicted molar refractivity (Wildman–Crippen MR) is 62.2 cm³/mol. The molecule has 7 heteroatoms. The third kappa shape index (κ3) is 3.11. The first-order chi connectivity index (χ1) is 8.29. The van der Waals surface area contributed by atoms with Gasteiger partial charge in [0.25, 0.3) is 5.91 Å². The minimum absolute atomic E-state index is 0.249. The number of rotatable bonds is 5. The highest BCUT2D eigenvalue weighted by molar-refractivity contribution is 7.15. The van der Waals surface area contributed by atoms with Gasteiger partial charge >= 0.3 is 0 Å². The second kappa shape index (κ2) is 5.55. The molecule has 1 N–H and O–H groups in total. The van der Waals surface area contributed by atoms with Crippen LogP contribution in [0.4, 0.5) is 5.13 Å². The maximum absolute atomic E-state index is 11.6. The highest BCUT2D eigenvalue weighted by atomic mass is 32.1. The minimum atomic E-state index is -0.329. The van der Waals surface area contributed by atoms with Crippen molar-refractivity contribution < 1.29 is 13.9 Å². The second-order valence-electron chi connectivity index (χ2n) is 3.18. The van der Waals surface area contributed by atoms with E-state index in [9.17, 15) is 4.79 Å². The van der Waals surface area contributed by atoms with Crippen molar-refractivity contribution in [2.75, 3.05) is 19.0 Å². The van der Waals surface area contributed by atoms with E-state index in [1.54, 1.807) is 19.2 Å². The molecule has 0 atom stereocenters. The predicted octanol–water partition coefficient (Wildman–Crippen LogP) is 1.57. The van der Waals surface area contributed by atoms with Crippen LogP contribution in [0.5, 0.6) is 0 Å². The maximum atomic E-state index is 11.6. The first kappa shape index (κ1) is 11.7. The molecule has 0 saturated carbocycles. The molecule has 0 spiro atoms. The number of methoxy groups -OCH3 is 1. The van der Waals surface area contributed by atoms with Crippen LogP contribution in [0.25, 0.3) is 0 Å². The van der Waals surface area contributed by atoms with Gasteiger partial charge in [-0.15, -0.1) is 10.2 Å². The first-order valence-corrected chi connectivity index (χ1v) is 5.77. The van der Waals surface area contributed by atoms with Crippen molar-refractivity contribution in [3.63, 3.8) is 0 Å². The van der Waals surface area contributed by atoms with Crippen molar-refractivity contribution in [1.82, 2.24) is 10.2 Å². The molecule has 2 aromatic heterocycles. The highest BCUT2D eigenvalue weighted by Gasteiger charge is 2.11. The van der Waals surface area contributed by atoms with Gasteiger partial charge in [0.2, 0.25) is 5.13 Å². The number of carbonyl (C=O) groups is 1. The van der Waals surface area contributed by atoms with E-state index in [1.807, 2.05) is 0 Å². The van der Waals surface area contributed by atoms with Crippen LogP contribution in [0.1, 0.15) is 15.6 Å². The number of ether oxygens (including phenoxy) is 1. The van der Waals surface area contributed by atoms with Gasteiger partial charge in [0.15, 0.2) is 5.76 Å². The summed E-state index contributed by atoms with van der Waals surface area (Å²) < 4.78 is 9.90. The fourth-order valence-corrected chi connectivity index (χ4v) is 1.88. The van der Waals surface area contributed by atoms with Gasteiger partial charge in [0.1, 0.15) is 5.01 Å². The van der Waals surface area contributed by atoms with Gasteiger partial charge in [-0.25, -0.2) is 0 Å². The topological polar surface area (TPSA) is 77.3 Å². The zero-order valence-corrected chi connectivity index (χ0v) is 9.99. The number of aromatic nitrogens is 2. The smallest absolute Gasteiger partial charge is 0.293 e. The normalized spacial score (nSPS) is 10.4. The number of carbonyl (C=O) groups excluding carboxylic acids is 1. The van der Waals surface area contributed by atoms with E-state index in [4.69, 9.17) is 9.15 Å². The largest absolute Gasteiger partial charge is 0.459 e. The van der Waals surface area contributed by atoms with E-state index in [0.29, 0.717) is 18.2 Å². The third-order valence-corrected chi connectivity index (χ3v) is 2.85. The van der Waals surface area contributed by atoms with E-state index in [0.717, 1.165) is 5.01 Å². The number of hydrogen-bond donors (Lipinski definition) is 1. The molecule has 0 aliphatic rings. The maximum Gasteiger partial charge on any atom is 0.293 e. The number of nitrogens with zero attached hydrogens (tertiary/aromatic N) is 2. The molecule has 0 radical (unpaired) electrons. The zero-order chi connectivity index (χ0) is 12.1. The molecule has 0 aliphatic heterocycles. The monoisotopic (exact) mass is 253 g/mol. The van der Waals surface area contributed by atoms with E-state index in [2.05, 4.69) is 15.5 Å². The molecule has 2 heterocycles. The lowest BCUT2D eigenvalue weighted by Gasteiger charge is -1.95. The average Bonchev–Trinajstić information content (AvgIpc) is 2.97. The van der Waals surface area contributed by atoms with Crippen molar-refractivity contribution >= 4 is 22.4 Å². The molecule has 1 amide bonds. The number of furan rings is 1.